The highest BCUT2D eigenvalue weighted by molar-refractivity contribution is 5.89. The van der Waals surface area contributed by atoms with Gasteiger partial charge in [0.1, 0.15) is 0 Å². The van der Waals surface area contributed by atoms with Gasteiger partial charge in [0.2, 0.25) is 0 Å². The van der Waals surface area contributed by atoms with Gasteiger partial charge in [-0.25, -0.2) is 4.79 Å². The molecule has 21 heavy (non-hydrogen) atoms. The van der Waals surface area contributed by atoms with E-state index in [0.717, 1.165) is 16.3 Å². The van der Waals surface area contributed by atoms with Crippen molar-refractivity contribution in [2.24, 2.45) is 0 Å². The number of rotatable bonds is 3. The van der Waals surface area contributed by atoms with Crippen LogP contribution in [-0.2, 0) is 6.42 Å². The van der Waals surface area contributed by atoms with Crippen LogP contribution in [0.25, 0.3) is 10.8 Å². The van der Waals surface area contributed by atoms with Crippen molar-refractivity contribution in [1.29, 1.82) is 0 Å². The molecule has 0 radical (unpaired) electrons. The minimum atomic E-state index is -1.09. The minimum absolute atomic E-state index is 0.0481. The number of hydrogen-bond donors (Lipinski definition) is 2. The van der Waals surface area contributed by atoms with E-state index in [2.05, 4.69) is 4.98 Å². The average Bonchev–Trinajstić information content (AvgIpc) is 2.49. The number of aromatic nitrogens is 1. The fraction of sp³-hybridized carbons (Fsp3) is 0.0588. The van der Waals surface area contributed by atoms with Crippen LogP contribution in [-0.4, -0.2) is 16.1 Å². The van der Waals surface area contributed by atoms with Gasteiger partial charge in [-0.05, 0) is 22.4 Å². The molecule has 0 aliphatic heterocycles. The number of nitrogens with one attached hydrogen (secondary N) is 1. The normalized spacial score (nSPS) is 10.7. The van der Waals surface area contributed by atoms with Crippen molar-refractivity contribution in [3.8, 4) is 0 Å². The summed E-state index contributed by atoms with van der Waals surface area (Å²) in [6, 6.07) is 15.2. The molecule has 0 aliphatic carbocycles. The third-order valence-electron chi connectivity index (χ3n) is 3.49. The zero-order chi connectivity index (χ0) is 14.8. The molecule has 104 valence electrons. The number of pyridine rings is 1. The van der Waals surface area contributed by atoms with Gasteiger partial charge in [0.25, 0.3) is 5.56 Å². The molecule has 3 aromatic rings. The molecule has 1 heterocycles. The van der Waals surface area contributed by atoms with Gasteiger partial charge in [0, 0.05) is 18.2 Å². The van der Waals surface area contributed by atoms with E-state index in [-0.39, 0.29) is 16.7 Å². The summed E-state index contributed by atoms with van der Waals surface area (Å²) in [6.45, 7) is 0. The van der Waals surface area contributed by atoms with Crippen molar-refractivity contribution in [2.45, 2.75) is 6.42 Å². The summed E-state index contributed by atoms with van der Waals surface area (Å²) in [7, 11) is 0. The highest BCUT2D eigenvalue weighted by Gasteiger charge is 2.13. The fourth-order valence-corrected chi connectivity index (χ4v) is 2.44. The molecule has 0 unspecified atom stereocenters. The Balaban J connectivity index is 2.06. The lowest BCUT2D eigenvalue weighted by Gasteiger charge is -2.06. The van der Waals surface area contributed by atoms with Crippen LogP contribution in [0.3, 0.4) is 0 Å². The SMILES string of the molecule is O=C(O)c1cc[nH]c(=O)c1Cc1ccc2ccccc2c1. The van der Waals surface area contributed by atoms with Gasteiger partial charge in [-0.3, -0.25) is 4.79 Å². The van der Waals surface area contributed by atoms with E-state index in [0.29, 0.717) is 6.42 Å². The molecular weight excluding hydrogens is 266 g/mol. The summed E-state index contributed by atoms with van der Waals surface area (Å²) in [5.41, 5.74) is 0.878. The highest BCUT2D eigenvalue weighted by atomic mass is 16.4. The molecule has 0 saturated carbocycles. The Morgan fingerprint density at radius 1 is 1.05 bits per heavy atom. The molecule has 4 heteroatoms. The number of H-pyrrole nitrogens is 1. The third kappa shape index (κ3) is 2.56. The molecular formula is C17H13NO3. The number of fused-ring (bicyclic) bond motifs is 1. The Hall–Kier alpha value is -2.88. The Kier molecular flexibility index (Phi) is 3.28. The molecule has 0 bridgehead atoms. The molecule has 0 aliphatic rings. The van der Waals surface area contributed by atoms with E-state index >= 15 is 0 Å². The van der Waals surface area contributed by atoms with Crippen molar-refractivity contribution in [3.63, 3.8) is 0 Å². The van der Waals surface area contributed by atoms with Crippen LogP contribution in [0, 0.1) is 0 Å². The zero-order valence-corrected chi connectivity index (χ0v) is 11.2. The second-order valence-electron chi connectivity index (χ2n) is 4.86. The topological polar surface area (TPSA) is 70.2 Å². The number of aromatic carboxylic acids is 1. The van der Waals surface area contributed by atoms with Gasteiger partial charge in [-0.1, -0.05) is 42.5 Å². The van der Waals surface area contributed by atoms with E-state index in [1.165, 1.54) is 12.3 Å². The summed E-state index contributed by atoms with van der Waals surface area (Å²) in [5.74, 6) is -1.09. The van der Waals surface area contributed by atoms with Crippen molar-refractivity contribution < 1.29 is 9.90 Å². The van der Waals surface area contributed by atoms with E-state index in [1.54, 1.807) is 0 Å². The summed E-state index contributed by atoms with van der Waals surface area (Å²) < 4.78 is 0. The Morgan fingerprint density at radius 3 is 2.57 bits per heavy atom. The lowest BCUT2D eigenvalue weighted by atomic mass is 9.99. The number of aromatic amines is 1. The number of carboxylic acid groups (broad SMARTS) is 1. The van der Waals surface area contributed by atoms with Crippen LogP contribution in [0.2, 0.25) is 0 Å². The van der Waals surface area contributed by atoms with Gasteiger partial charge in [-0.15, -0.1) is 0 Å². The molecule has 0 amide bonds. The molecule has 4 nitrogen and oxygen atoms in total. The molecule has 2 aromatic carbocycles. The third-order valence-corrected chi connectivity index (χ3v) is 3.49. The summed E-state index contributed by atoms with van der Waals surface area (Å²) in [4.78, 5) is 25.7. The Morgan fingerprint density at radius 2 is 1.81 bits per heavy atom. The van der Waals surface area contributed by atoms with E-state index in [9.17, 15) is 14.7 Å². The predicted molar refractivity (Wildman–Crippen MR) is 80.8 cm³/mol. The second-order valence-corrected chi connectivity index (χ2v) is 4.86. The molecule has 2 N–H and O–H groups in total. The maximum atomic E-state index is 11.9. The van der Waals surface area contributed by atoms with Gasteiger partial charge in [0.15, 0.2) is 0 Å². The maximum absolute atomic E-state index is 11.9. The van der Waals surface area contributed by atoms with Crippen LogP contribution < -0.4 is 5.56 Å². The van der Waals surface area contributed by atoms with Crippen molar-refractivity contribution in [1.82, 2.24) is 4.98 Å². The van der Waals surface area contributed by atoms with Crippen LogP contribution in [0.1, 0.15) is 21.5 Å². The monoisotopic (exact) mass is 279 g/mol. The van der Waals surface area contributed by atoms with Crippen molar-refractivity contribution >= 4 is 16.7 Å². The first kappa shape index (κ1) is 13.1. The molecule has 0 atom stereocenters. The van der Waals surface area contributed by atoms with Gasteiger partial charge in [-0.2, -0.15) is 0 Å². The number of carbonyl (C=O) groups is 1. The smallest absolute Gasteiger partial charge is 0.336 e. The zero-order valence-electron chi connectivity index (χ0n) is 11.2. The molecule has 0 spiro atoms. The number of benzene rings is 2. The first-order valence-electron chi connectivity index (χ1n) is 6.57. The number of hydrogen-bond acceptors (Lipinski definition) is 2. The predicted octanol–water partition coefficient (Wildman–Crippen LogP) is 2.82. The van der Waals surface area contributed by atoms with Gasteiger partial charge in [0.05, 0.1) is 5.56 Å². The van der Waals surface area contributed by atoms with E-state index < -0.39 is 5.97 Å². The maximum Gasteiger partial charge on any atom is 0.336 e. The summed E-state index contributed by atoms with van der Waals surface area (Å²) in [6.07, 6.45) is 1.65. The molecule has 0 saturated heterocycles. The lowest BCUT2D eigenvalue weighted by molar-refractivity contribution is 0.0695. The Bertz CT molecular complexity index is 880. The largest absolute Gasteiger partial charge is 0.478 e. The van der Waals surface area contributed by atoms with Crippen LogP contribution in [0.5, 0.6) is 0 Å². The number of carboxylic acids is 1. The molecule has 0 fully saturated rings. The molecule has 1 aromatic heterocycles. The van der Waals surface area contributed by atoms with Crippen molar-refractivity contribution in [2.75, 3.05) is 0 Å². The van der Waals surface area contributed by atoms with Gasteiger partial charge < -0.3 is 10.1 Å². The standard InChI is InChI=1S/C17H13NO3/c19-16-15(14(17(20)21)7-8-18-16)10-11-5-6-12-3-1-2-4-13(12)9-11/h1-9H,10H2,(H,18,19)(H,20,21). The first-order chi connectivity index (χ1) is 10.1. The Labute approximate surface area is 120 Å². The van der Waals surface area contributed by atoms with Crippen LogP contribution >= 0.6 is 0 Å². The first-order valence-corrected chi connectivity index (χ1v) is 6.57. The molecule has 3 rings (SSSR count). The second kappa shape index (κ2) is 5.25. The van der Waals surface area contributed by atoms with Gasteiger partial charge >= 0.3 is 5.97 Å². The highest BCUT2D eigenvalue weighted by Crippen LogP contribution is 2.18. The minimum Gasteiger partial charge on any atom is -0.478 e. The van der Waals surface area contributed by atoms with Crippen molar-refractivity contribution in [3.05, 3.63) is 81.8 Å². The lowest BCUT2D eigenvalue weighted by Crippen LogP contribution is -2.18. The van der Waals surface area contributed by atoms with E-state index in [4.69, 9.17) is 0 Å². The summed E-state index contributed by atoms with van der Waals surface area (Å²) in [5, 5.41) is 11.4. The van der Waals surface area contributed by atoms with Crippen LogP contribution in [0.4, 0.5) is 0 Å². The summed E-state index contributed by atoms with van der Waals surface area (Å²) >= 11 is 0. The van der Waals surface area contributed by atoms with Crippen LogP contribution in [0.15, 0.2) is 59.5 Å². The van der Waals surface area contributed by atoms with E-state index in [1.807, 2.05) is 42.5 Å². The average molecular weight is 279 g/mol. The quantitative estimate of drug-likeness (QED) is 0.774. The fourth-order valence-electron chi connectivity index (χ4n) is 2.44.